The number of anilines is 1. The van der Waals surface area contributed by atoms with Crippen LogP contribution in [0.1, 0.15) is 11.1 Å². The third-order valence-corrected chi connectivity index (χ3v) is 2.77. The summed E-state index contributed by atoms with van der Waals surface area (Å²) in [6.45, 7) is 4.18. The van der Waals surface area contributed by atoms with Crippen molar-refractivity contribution in [3.63, 3.8) is 0 Å². The number of hydrogen-bond donors (Lipinski definition) is 2. The van der Waals surface area contributed by atoms with E-state index in [1.54, 1.807) is 12.4 Å². The summed E-state index contributed by atoms with van der Waals surface area (Å²) in [5.74, 6) is 0. The van der Waals surface area contributed by atoms with E-state index in [0.717, 1.165) is 23.2 Å². The monoisotopic (exact) mass is 267 g/mol. The van der Waals surface area contributed by atoms with Crippen LogP contribution in [0.25, 0.3) is 0 Å². The van der Waals surface area contributed by atoms with Crippen LogP contribution < -0.4 is 10.6 Å². The van der Waals surface area contributed by atoms with Crippen LogP contribution in [0.4, 0.5) is 10.5 Å². The van der Waals surface area contributed by atoms with Crippen LogP contribution >= 0.6 is 0 Å². The second kappa shape index (κ2) is 7.09. The molecule has 0 fully saturated rings. The summed E-state index contributed by atoms with van der Waals surface area (Å²) in [6, 6.07) is 11.2. The Morgan fingerprint density at radius 3 is 2.75 bits per heavy atom. The highest BCUT2D eigenvalue weighted by atomic mass is 16.2. The van der Waals surface area contributed by atoms with Crippen LogP contribution in [0.15, 0.2) is 61.4 Å². The number of carbonyl (C=O) groups excluding carboxylic acids is 1. The van der Waals surface area contributed by atoms with Crippen LogP contribution in [-0.4, -0.2) is 11.0 Å². The van der Waals surface area contributed by atoms with E-state index in [1.807, 2.05) is 42.5 Å². The summed E-state index contributed by atoms with van der Waals surface area (Å²) in [5.41, 5.74) is 2.90. The number of nitrogens with zero attached hydrogens (tertiary/aromatic N) is 1. The lowest BCUT2D eigenvalue weighted by Crippen LogP contribution is -2.28. The van der Waals surface area contributed by atoms with Crippen LogP contribution in [0.3, 0.4) is 0 Å². The van der Waals surface area contributed by atoms with Crippen LogP contribution in [0, 0.1) is 0 Å². The lowest BCUT2D eigenvalue weighted by atomic mass is 10.1. The molecule has 2 rings (SSSR count). The Labute approximate surface area is 118 Å². The topological polar surface area (TPSA) is 54.0 Å². The van der Waals surface area contributed by atoms with Crippen molar-refractivity contribution in [1.29, 1.82) is 0 Å². The molecule has 0 bridgehead atoms. The molecule has 1 aromatic carbocycles. The first kappa shape index (κ1) is 13.8. The van der Waals surface area contributed by atoms with Crippen molar-refractivity contribution in [1.82, 2.24) is 10.3 Å². The lowest BCUT2D eigenvalue weighted by Gasteiger charge is -2.08. The molecule has 20 heavy (non-hydrogen) atoms. The van der Waals surface area contributed by atoms with Crippen LogP contribution in [0.5, 0.6) is 0 Å². The molecule has 0 atom stereocenters. The Morgan fingerprint density at radius 1 is 1.20 bits per heavy atom. The molecule has 0 aliphatic rings. The van der Waals surface area contributed by atoms with E-state index >= 15 is 0 Å². The van der Waals surface area contributed by atoms with Gasteiger partial charge in [-0.15, -0.1) is 6.58 Å². The van der Waals surface area contributed by atoms with Crippen molar-refractivity contribution in [2.75, 3.05) is 5.32 Å². The number of rotatable bonds is 5. The average molecular weight is 267 g/mol. The number of benzene rings is 1. The fraction of sp³-hybridized carbons (Fsp3) is 0.125. The number of carbonyl (C=O) groups is 1. The summed E-state index contributed by atoms with van der Waals surface area (Å²) in [4.78, 5) is 15.7. The number of allylic oxidation sites excluding steroid dienone is 1. The number of nitrogens with one attached hydrogen (secondary N) is 2. The number of urea groups is 1. The zero-order chi connectivity index (χ0) is 14.2. The maximum absolute atomic E-state index is 11.8. The van der Waals surface area contributed by atoms with Crippen molar-refractivity contribution >= 4 is 11.7 Å². The minimum atomic E-state index is -0.224. The van der Waals surface area contributed by atoms with Gasteiger partial charge in [0.05, 0.1) is 0 Å². The van der Waals surface area contributed by atoms with E-state index in [2.05, 4.69) is 22.2 Å². The van der Waals surface area contributed by atoms with E-state index in [9.17, 15) is 4.79 Å². The predicted octanol–water partition coefficient (Wildman–Crippen LogP) is 3.13. The van der Waals surface area contributed by atoms with Crippen molar-refractivity contribution in [3.05, 3.63) is 72.6 Å². The van der Waals surface area contributed by atoms with Gasteiger partial charge in [0.15, 0.2) is 0 Å². The maximum Gasteiger partial charge on any atom is 0.319 e. The highest BCUT2D eigenvalue weighted by molar-refractivity contribution is 5.89. The molecule has 4 nitrogen and oxygen atoms in total. The number of pyridine rings is 1. The molecule has 0 unspecified atom stereocenters. The van der Waals surface area contributed by atoms with Gasteiger partial charge < -0.3 is 10.6 Å². The van der Waals surface area contributed by atoms with Gasteiger partial charge in [-0.05, 0) is 41.8 Å². The first-order chi connectivity index (χ1) is 9.78. The summed E-state index contributed by atoms with van der Waals surface area (Å²) in [5, 5.41) is 5.61. The van der Waals surface area contributed by atoms with Crippen molar-refractivity contribution in [3.8, 4) is 0 Å². The van der Waals surface area contributed by atoms with Gasteiger partial charge in [-0.3, -0.25) is 4.98 Å². The lowest BCUT2D eigenvalue weighted by molar-refractivity contribution is 0.251. The molecule has 0 spiro atoms. The minimum absolute atomic E-state index is 0.224. The zero-order valence-corrected chi connectivity index (χ0v) is 11.2. The molecule has 0 radical (unpaired) electrons. The fourth-order valence-corrected chi connectivity index (χ4v) is 1.80. The molecule has 0 saturated carbocycles. The Bertz CT molecular complexity index is 581. The van der Waals surface area contributed by atoms with Gasteiger partial charge in [0, 0.05) is 24.6 Å². The van der Waals surface area contributed by atoms with E-state index in [0.29, 0.717) is 6.54 Å². The third kappa shape index (κ3) is 4.24. The van der Waals surface area contributed by atoms with Crippen LogP contribution in [0.2, 0.25) is 0 Å². The molecule has 2 N–H and O–H groups in total. The highest BCUT2D eigenvalue weighted by Crippen LogP contribution is 2.11. The maximum atomic E-state index is 11.8. The molecule has 0 aliphatic heterocycles. The summed E-state index contributed by atoms with van der Waals surface area (Å²) in [7, 11) is 0. The standard InChI is InChI=1S/C16H17N3O/c1-2-4-13-5-3-6-15(11-13)19-16(20)18-12-14-7-9-17-10-8-14/h2-3,5-11H,1,4,12H2,(H2,18,19,20). The average Bonchev–Trinajstić information content (AvgIpc) is 2.47. The van der Waals surface area contributed by atoms with Gasteiger partial charge in [-0.2, -0.15) is 0 Å². The largest absolute Gasteiger partial charge is 0.334 e. The zero-order valence-electron chi connectivity index (χ0n) is 11.2. The normalized spacial score (nSPS) is 9.80. The number of hydrogen-bond acceptors (Lipinski definition) is 2. The van der Waals surface area contributed by atoms with E-state index in [1.165, 1.54) is 0 Å². The number of aromatic nitrogens is 1. The van der Waals surface area contributed by atoms with Gasteiger partial charge >= 0.3 is 6.03 Å². The molecule has 1 aromatic heterocycles. The Balaban J connectivity index is 1.88. The quantitative estimate of drug-likeness (QED) is 0.818. The molecule has 0 saturated heterocycles. The van der Waals surface area contributed by atoms with Gasteiger partial charge in [0.2, 0.25) is 0 Å². The Hall–Kier alpha value is -2.62. The minimum Gasteiger partial charge on any atom is -0.334 e. The smallest absolute Gasteiger partial charge is 0.319 e. The summed E-state index contributed by atoms with van der Waals surface area (Å²) in [6.07, 6.45) is 6.03. The summed E-state index contributed by atoms with van der Waals surface area (Å²) >= 11 is 0. The SMILES string of the molecule is C=CCc1cccc(NC(=O)NCc2ccncc2)c1. The second-order valence-electron chi connectivity index (χ2n) is 4.36. The molecule has 2 aromatic rings. The summed E-state index contributed by atoms with van der Waals surface area (Å²) < 4.78 is 0. The van der Waals surface area contributed by atoms with E-state index in [-0.39, 0.29) is 6.03 Å². The molecule has 2 amide bonds. The van der Waals surface area contributed by atoms with Gasteiger partial charge in [0.1, 0.15) is 0 Å². The van der Waals surface area contributed by atoms with E-state index < -0.39 is 0 Å². The fourth-order valence-electron chi connectivity index (χ4n) is 1.80. The van der Waals surface area contributed by atoms with Crippen LogP contribution in [-0.2, 0) is 13.0 Å². The van der Waals surface area contributed by atoms with Gasteiger partial charge in [-0.1, -0.05) is 18.2 Å². The first-order valence-electron chi connectivity index (χ1n) is 6.41. The van der Waals surface area contributed by atoms with Crippen molar-refractivity contribution in [2.24, 2.45) is 0 Å². The van der Waals surface area contributed by atoms with Crippen molar-refractivity contribution in [2.45, 2.75) is 13.0 Å². The predicted molar refractivity (Wildman–Crippen MR) is 80.4 cm³/mol. The molecular weight excluding hydrogens is 250 g/mol. The highest BCUT2D eigenvalue weighted by Gasteiger charge is 2.02. The second-order valence-corrected chi connectivity index (χ2v) is 4.36. The number of amides is 2. The molecule has 4 heteroatoms. The van der Waals surface area contributed by atoms with Crippen molar-refractivity contribution < 1.29 is 4.79 Å². The molecular formula is C16H17N3O. The van der Waals surface area contributed by atoms with Gasteiger partial charge in [0.25, 0.3) is 0 Å². The van der Waals surface area contributed by atoms with Gasteiger partial charge in [-0.25, -0.2) is 4.79 Å². The van der Waals surface area contributed by atoms with E-state index in [4.69, 9.17) is 0 Å². The Kier molecular flexibility index (Phi) is 4.89. The molecule has 102 valence electrons. The molecule has 1 heterocycles. The Morgan fingerprint density at radius 2 is 2.00 bits per heavy atom. The first-order valence-corrected chi connectivity index (χ1v) is 6.41. The molecule has 0 aliphatic carbocycles. The third-order valence-electron chi connectivity index (χ3n) is 2.77.